The van der Waals surface area contributed by atoms with Gasteiger partial charge >= 0.3 is 0 Å². The van der Waals surface area contributed by atoms with Crippen LogP contribution in [0, 0.1) is 5.92 Å². The molecule has 3 fully saturated rings. The van der Waals surface area contributed by atoms with Crippen LogP contribution in [-0.4, -0.2) is 59.1 Å². The van der Waals surface area contributed by atoms with Crippen LogP contribution in [0.1, 0.15) is 47.2 Å². The summed E-state index contributed by atoms with van der Waals surface area (Å²) in [7, 11) is 0. The number of nitrogens with zero attached hydrogens (tertiary/aromatic N) is 3. The van der Waals surface area contributed by atoms with Gasteiger partial charge in [0, 0.05) is 55.1 Å². The highest BCUT2D eigenvalue weighted by molar-refractivity contribution is 5.96. The lowest BCUT2D eigenvalue weighted by molar-refractivity contribution is 0.0337. The number of piperidine rings is 1. The predicted molar refractivity (Wildman–Crippen MR) is 134 cm³/mol. The number of carbonyl (C=O) groups excluding carboxylic acids is 1. The lowest BCUT2D eigenvalue weighted by atomic mass is 9.84. The molecule has 3 aliphatic heterocycles. The maximum Gasteiger partial charge on any atom is 0.254 e. The van der Waals surface area contributed by atoms with Crippen molar-refractivity contribution < 1.29 is 9.53 Å². The van der Waals surface area contributed by atoms with Crippen LogP contribution in [0.15, 0.2) is 60.9 Å². The maximum absolute atomic E-state index is 13.8. The topological polar surface area (TPSA) is 45.7 Å². The molecule has 0 unspecified atom stereocenters. The van der Waals surface area contributed by atoms with Gasteiger partial charge in [0.05, 0.1) is 13.2 Å². The highest BCUT2D eigenvalue weighted by Crippen LogP contribution is 2.41. The summed E-state index contributed by atoms with van der Waals surface area (Å²) in [5.41, 5.74) is 3.39. The largest absolute Gasteiger partial charge is 0.379 e. The van der Waals surface area contributed by atoms with E-state index < -0.39 is 0 Å². The Morgan fingerprint density at radius 1 is 0.912 bits per heavy atom. The number of rotatable bonds is 5. The Bertz CT molecular complexity index is 1150. The number of hydrogen-bond acceptors (Lipinski definition) is 4. The third-order valence-corrected chi connectivity index (χ3v) is 8.07. The molecule has 5 heteroatoms. The molecular weight excluding hydrogens is 422 g/mol. The zero-order valence-electron chi connectivity index (χ0n) is 19.7. The third-order valence-electron chi connectivity index (χ3n) is 8.07. The number of carbonyl (C=O) groups is 1. The lowest BCUT2D eigenvalue weighted by Gasteiger charge is -2.39. The van der Waals surface area contributed by atoms with Gasteiger partial charge in [-0.15, -0.1) is 0 Å². The van der Waals surface area contributed by atoms with Crippen LogP contribution in [-0.2, 0) is 17.7 Å². The molecule has 3 aromatic rings. The molecule has 2 bridgehead atoms. The Morgan fingerprint density at radius 3 is 2.47 bits per heavy atom. The molecule has 0 aliphatic carbocycles. The summed E-state index contributed by atoms with van der Waals surface area (Å²) >= 11 is 0. The van der Waals surface area contributed by atoms with Gasteiger partial charge < -0.3 is 9.64 Å². The number of hydrogen-bond donors (Lipinski definition) is 0. The quantitative estimate of drug-likeness (QED) is 0.560. The molecule has 3 aliphatic rings. The summed E-state index contributed by atoms with van der Waals surface area (Å²) in [5, 5.41) is 2.54. The van der Waals surface area contributed by atoms with E-state index in [1.54, 1.807) is 0 Å². The first-order chi connectivity index (χ1) is 16.8. The smallest absolute Gasteiger partial charge is 0.254 e. The van der Waals surface area contributed by atoms with Crippen LogP contribution in [0.2, 0.25) is 0 Å². The average Bonchev–Trinajstić information content (AvgIpc) is 3.15. The van der Waals surface area contributed by atoms with Crippen LogP contribution >= 0.6 is 0 Å². The second kappa shape index (κ2) is 9.47. The van der Waals surface area contributed by atoms with Gasteiger partial charge in [0.1, 0.15) is 0 Å². The SMILES string of the molecule is O=C(c1ccccc1CN1CCOCC1)N1[C@H]2CC[C@H]1CC(Cc1cncc3ccccc13)C2. The van der Waals surface area contributed by atoms with E-state index >= 15 is 0 Å². The number of amides is 1. The van der Waals surface area contributed by atoms with Crippen molar-refractivity contribution in [1.82, 2.24) is 14.8 Å². The first-order valence-electron chi connectivity index (χ1n) is 12.8. The number of ether oxygens (including phenoxy) is 1. The van der Waals surface area contributed by atoms with Crippen LogP contribution in [0.3, 0.4) is 0 Å². The summed E-state index contributed by atoms with van der Waals surface area (Å²) < 4.78 is 5.50. The van der Waals surface area contributed by atoms with Gasteiger partial charge in [-0.25, -0.2) is 0 Å². The fraction of sp³-hybridized carbons (Fsp3) is 0.448. The number of benzene rings is 2. The summed E-state index contributed by atoms with van der Waals surface area (Å²) in [6.45, 7) is 4.25. The molecule has 6 rings (SSSR count). The Hall–Kier alpha value is -2.76. The first-order valence-corrected chi connectivity index (χ1v) is 12.8. The fourth-order valence-electron chi connectivity index (χ4n) is 6.45. The molecule has 176 valence electrons. The Morgan fingerprint density at radius 2 is 1.65 bits per heavy atom. The molecule has 1 amide bonds. The van der Waals surface area contributed by atoms with Crippen molar-refractivity contribution in [3.63, 3.8) is 0 Å². The molecule has 2 atom stereocenters. The van der Waals surface area contributed by atoms with E-state index in [1.807, 2.05) is 24.5 Å². The van der Waals surface area contributed by atoms with E-state index in [2.05, 4.69) is 51.2 Å². The zero-order chi connectivity index (χ0) is 22.9. The molecule has 0 saturated carbocycles. The van der Waals surface area contributed by atoms with Crippen LogP contribution < -0.4 is 0 Å². The van der Waals surface area contributed by atoms with Crippen molar-refractivity contribution in [3.8, 4) is 0 Å². The number of fused-ring (bicyclic) bond motifs is 3. The monoisotopic (exact) mass is 455 g/mol. The third kappa shape index (κ3) is 4.23. The van der Waals surface area contributed by atoms with Crippen molar-refractivity contribution in [2.45, 2.75) is 50.7 Å². The predicted octanol–water partition coefficient (Wildman–Crippen LogP) is 4.69. The van der Waals surface area contributed by atoms with E-state index in [0.717, 1.165) is 76.1 Å². The molecule has 34 heavy (non-hydrogen) atoms. The Kier molecular flexibility index (Phi) is 6.06. The Balaban J connectivity index is 1.18. The van der Waals surface area contributed by atoms with E-state index in [9.17, 15) is 4.79 Å². The second-order valence-electron chi connectivity index (χ2n) is 10.2. The molecular formula is C29H33N3O2. The second-order valence-corrected chi connectivity index (χ2v) is 10.2. The molecule has 0 spiro atoms. The van der Waals surface area contributed by atoms with Gasteiger partial charge in [-0.1, -0.05) is 42.5 Å². The summed E-state index contributed by atoms with van der Waals surface area (Å²) in [6, 6.07) is 17.5. The molecule has 2 aromatic carbocycles. The molecule has 3 saturated heterocycles. The standard InChI is InChI=1S/C29H33N3O2/c33-29(28-8-4-2-6-23(28)20-31-11-13-34-14-12-31)32-25-9-10-26(32)17-21(16-25)15-24-19-30-18-22-5-1-3-7-27(22)24/h1-8,18-19,21,25-26H,9-17,20H2/t25-,26-/m0/s1. The average molecular weight is 456 g/mol. The minimum atomic E-state index is 0.238. The highest BCUT2D eigenvalue weighted by Gasteiger charge is 2.43. The maximum atomic E-state index is 13.8. The molecule has 5 nitrogen and oxygen atoms in total. The van der Waals surface area contributed by atoms with Gasteiger partial charge in [0.15, 0.2) is 0 Å². The lowest BCUT2D eigenvalue weighted by Crippen LogP contribution is -2.47. The van der Waals surface area contributed by atoms with Crippen molar-refractivity contribution in [1.29, 1.82) is 0 Å². The minimum absolute atomic E-state index is 0.238. The number of aromatic nitrogens is 1. The molecule has 0 N–H and O–H groups in total. The van der Waals surface area contributed by atoms with E-state index in [4.69, 9.17) is 4.74 Å². The summed E-state index contributed by atoms with van der Waals surface area (Å²) in [6.07, 6.45) is 9.51. The molecule has 1 aromatic heterocycles. The Labute approximate surface area is 201 Å². The van der Waals surface area contributed by atoms with Crippen molar-refractivity contribution in [3.05, 3.63) is 77.6 Å². The van der Waals surface area contributed by atoms with Crippen LogP contribution in [0.4, 0.5) is 0 Å². The van der Waals surface area contributed by atoms with Crippen molar-refractivity contribution in [2.24, 2.45) is 5.92 Å². The highest BCUT2D eigenvalue weighted by atomic mass is 16.5. The van der Waals surface area contributed by atoms with Gasteiger partial charge in [0.25, 0.3) is 5.91 Å². The van der Waals surface area contributed by atoms with E-state index in [0.29, 0.717) is 18.0 Å². The molecule has 4 heterocycles. The van der Waals surface area contributed by atoms with Crippen LogP contribution in [0.25, 0.3) is 10.8 Å². The summed E-state index contributed by atoms with van der Waals surface area (Å²) in [4.78, 5) is 23.0. The minimum Gasteiger partial charge on any atom is -0.379 e. The first kappa shape index (κ1) is 21.8. The van der Waals surface area contributed by atoms with E-state index in [1.165, 1.54) is 16.3 Å². The normalized spacial score (nSPS) is 25.1. The van der Waals surface area contributed by atoms with Gasteiger partial charge in [-0.2, -0.15) is 0 Å². The van der Waals surface area contributed by atoms with Crippen molar-refractivity contribution in [2.75, 3.05) is 26.3 Å². The van der Waals surface area contributed by atoms with E-state index in [-0.39, 0.29) is 5.91 Å². The fourth-order valence-corrected chi connectivity index (χ4v) is 6.45. The number of pyridine rings is 1. The molecule has 0 radical (unpaired) electrons. The summed E-state index contributed by atoms with van der Waals surface area (Å²) in [5.74, 6) is 0.847. The van der Waals surface area contributed by atoms with Gasteiger partial charge in [0.2, 0.25) is 0 Å². The zero-order valence-corrected chi connectivity index (χ0v) is 19.7. The number of morpholine rings is 1. The van der Waals surface area contributed by atoms with Gasteiger partial charge in [-0.3, -0.25) is 14.7 Å². The van der Waals surface area contributed by atoms with Crippen LogP contribution in [0.5, 0.6) is 0 Å². The van der Waals surface area contributed by atoms with Gasteiger partial charge in [-0.05, 0) is 60.6 Å². The van der Waals surface area contributed by atoms with Crippen molar-refractivity contribution >= 4 is 16.7 Å².